The van der Waals surface area contributed by atoms with E-state index >= 15 is 0 Å². The van der Waals surface area contributed by atoms with Crippen molar-refractivity contribution in [2.75, 3.05) is 0 Å². The molecule has 0 bridgehead atoms. The van der Waals surface area contributed by atoms with Crippen LogP contribution in [0.25, 0.3) is 0 Å². The molecule has 0 radical (unpaired) electrons. The number of carbonyl (C=O) groups is 7. The third-order valence-corrected chi connectivity index (χ3v) is 9.42. The molecule has 54 heavy (non-hydrogen) atoms. The molecule has 1 N–H and O–H groups in total. The number of hydrogen-bond donors (Lipinski definition) is 1. The third-order valence-electron chi connectivity index (χ3n) is 9.42. The average molecular weight is 759 g/mol. The fraction of sp³-hybridized carbons (Fsp3) is 0.564. The Morgan fingerprint density at radius 1 is 0.667 bits per heavy atom. The van der Waals surface area contributed by atoms with E-state index in [2.05, 4.69) is 6.58 Å². The first-order valence-corrected chi connectivity index (χ1v) is 17.4. The molecule has 10 atom stereocenters. The van der Waals surface area contributed by atoms with Crippen LogP contribution >= 0.6 is 0 Å². The summed E-state index contributed by atoms with van der Waals surface area (Å²) in [5, 5.41) is 13.2. The van der Waals surface area contributed by atoms with E-state index in [1.54, 1.807) is 51.1 Å². The monoisotopic (exact) mass is 758 g/mol. The van der Waals surface area contributed by atoms with Crippen molar-refractivity contribution in [2.24, 2.45) is 17.3 Å². The van der Waals surface area contributed by atoms with Crippen LogP contribution in [-0.4, -0.2) is 94.7 Å². The summed E-state index contributed by atoms with van der Waals surface area (Å²) >= 11 is 0. The minimum atomic E-state index is -2.39. The SMILES string of the molecule is C=C1C(OC(C)=O)C(OC(C)=O)C(OC(C)=O)C(C)(C)C=CC(C)C(OC(C)=O)[C@@]2(O)C[C@@](C)(OC(C)=O)C(OC(=O)c3ccccc3)C2C1OC(C)=O. The summed E-state index contributed by atoms with van der Waals surface area (Å²) in [5.41, 5.74) is -5.80. The highest BCUT2D eigenvalue weighted by molar-refractivity contribution is 5.89. The lowest BCUT2D eigenvalue weighted by atomic mass is 9.71. The summed E-state index contributed by atoms with van der Waals surface area (Å²) in [6, 6.07) is 7.75. The van der Waals surface area contributed by atoms with Gasteiger partial charge < -0.3 is 38.3 Å². The van der Waals surface area contributed by atoms with Crippen LogP contribution < -0.4 is 0 Å². The molecule has 15 nitrogen and oxygen atoms in total. The van der Waals surface area contributed by atoms with Crippen molar-refractivity contribution in [3.63, 3.8) is 0 Å². The van der Waals surface area contributed by atoms with Crippen LogP contribution in [-0.2, 0) is 61.9 Å². The maximum atomic E-state index is 13.8. The zero-order chi connectivity index (χ0) is 40.9. The summed E-state index contributed by atoms with van der Waals surface area (Å²) in [5.74, 6) is -8.76. The zero-order valence-corrected chi connectivity index (χ0v) is 32.2. The summed E-state index contributed by atoms with van der Waals surface area (Å²) in [6.45, 7) is 16.9. The van der Waals surface area contributed by atoms with Crippen molar-refractivity contribution >= 4 is 41.8 Å². The van der Waals surface area contributed by atoms with E-state index in [9.17, 15) is 38.7 Å². The van der Waals surface area contributed by atoms with Crippen LogP contribution in [0.2, 0.25) is 0 Å². The maximum absolute atomic E-state index is 13.8. The molecule has 0 amide bonds. The van der Waals surface area contributed by atoms with Crippen molar-refractivity contribution in [1.29, 1.82) is 0 Å². The van der Waals surface area contributed by atoms with Crippen molar-refractivity contribution in [3.05, 3.63) is 60.2 Å². The summed E-state index contributed by atoms with van der Waals surface area (Å²) in [4.78, 5) is 90.5. The Labute approximate surface area is 314 Å². The van der Waals surface area contributed by atoms with Gasteiger partial charge in [-0.25, -0.2) is 4.79 Å². The highest BCUT2D eigenvalue weighted by Crippen LogP contribution is 2.54. The number of esters is 7. The molecule has 0 aromatic heterocycles. The van der Waals surface area contributed by atoms with E-state index in [1.165, 1.54) is 19.1 Å². The van der Waals surface area contributed by atoms with Gasteiger partial charge in [0.2, 0.25) is 0 Å². The fourth-order valence-electron chi connectivity index (χ4n) is 7.50. The van der Waals surface area contributed by atoms with Crippen LogP contribution in [0.1, 0.15) is 86.0 Å². The number of benzene rings is 1. The zero-order valence-electron chi connectivity index (χ0n) is 32.2. The normalized spacial score (nSPS) is 31.9. The van der Waals surface area contributed by atoms with Gasteiger partial charge in [-0.15, -0.1) is 0 Å². The highest BCUT2D eigenvalue weighted by Gasteiger charge is 2.70. The molecule has 1 saturated carbocycles. The van der Waals surface area contributed by atoms with E-state index in [1.807, 2.05) is 0 Å². The first kappa shape index (κ1) is 43.4. The molecule has 2 aliphatic rings. The molecule has 0 saturated heterocycles. The van der Waals surface area contributed by atoms with Crippen molar-refractivity contribution < 1.29 is 71.8 Å². The smallest absolute Gasteiger partial charge is 0.338 e. The Morgan fingerprint density at radius 3 is 1.67 bits per heavy atom. The van der Waals surface area contributed by atoms with Crippen molar-refractivity contribution in [2.45, 2.75) is 123 Å². The van der Waals surface area contributed by atoms with E-state index in [4.69, 9.17) is 33.2 Å². The highest BCUT2D eigenvalue weighted by atomic mass is 16.6. The average Bonchev–Trinajstić information content (AvgIpc) is 3.25. The van der Waals surface area contributed by atoms with E-state index in [0.717, 1.165) is 41.5 Å². The number of rotatable bonds is 8. The van der Waals surface area contributed by atoms with Crippen LogP contribution in [0.5, 0.6) is 0 Å². The first-order chi connectivity index (χ1) is 24.9. The Balaban J connectivity index is 2.56. The minimum Gasteiger partial charge on any atom is -0.459 e. The second-order valence-electron chi connectivity index (χ2n) is 14.6. The second kappa shape index (κ2) is 17.0. The molecule has 0 aliphatic heterocycles. The molecule has 0 heterocycles. The third kappa shape index (κ3) is 9.92. The first-order valence-electron chi connectivity index (χ1n) is 17.4. The predicted octanol–water partition coefficient (Wildman–Crippen LogP) is 3.73. The van der Waals surface area contributed by atoms with Gasteiger partial charge in [0.15, 0.2) is 24.4 Å². The van der Waals surface area contributed by atoms with Gasteiger partial charge in [0.1, 0.15) is 23.4 Å². The van der Waals surface area contributed by atoms with E-state index < -0.39 is 113 Å². The molecular weight excluding hydrogens is 708 g/mol. The number of fused-ring (bicyclic) bond motifs is 1. The van der Waals surface area contributed by atoms with Gasteiger partial charge in [0.05, 0.1) is 11.5 Å². The van der Waals surface area contributed by atoms with Crippen LogP contribution in [0.4, 0.5) is 0 Å². The van der Waals surface area contributed by atoms with Crippen molar-refractivity contribution in [3.8, 4) is 0 Å². The van der Waals surface area contributed by atoms with Crippen molar-refractivity contribution in [1.82, 2.24) is 0 Å². The van der Waals surface area contributed by atoms with Crippen LogP contribution in [0, 0.1) is 17.3 Å². The summed E-state index contributed by atoms with van der Waals surface area (Å²) in [7, 11) is 0. The Bertz CT molecular complexity index is 1660. The molecule has 296 valence electrons. The summed E-state index contributed by atoms with van der Waals surface area (Å²) in [6.07, 6.45) is -7.30. The molecule has 3 rings (SSSR count). The number of ether oxygens (including phenoxy) is 7. The standard InChI is InChI=1S/C39H50O15/c1-20-17-18-37(9,10)35(52-26(7)44)32(50-24(5)42)31(49-23(4)41)21(2)30(48-22(3)40)29-34(53-36(46)28-15-13-12-14-16-28)38(11,54-27(8)45)19-39(29,47)33(20)51-25(6)43/h12-18,20,29-35,47H,2,19H2,1,3-11H3/t20?,29?,30?,31?,32?,33?,34?,35?,38-,39-/m1/s1. The van der Waals surface area contributed by atoms with Gasteiger partial charge in [-0.3, -0.25) is 28.8 Å². The number of hydrogen-bond acceptors (Lipinski definition) is 15. The maximum Gasteiger partial charge on any atom is 0.338 e. The van der Waals surface area contributed by atoms with Gasteiger partial charge >= 0.3 is 41.8 Å². The van der Waals surface area contributed by atoms with Gasteiger partial charge in [-0.2, -0.15) is 0 Å². The molecule has 1 aromatic rings. The van der Waals surface area contributed by atoms with Gasteiger partial charge in [-0.1, -0.05) is 57.7 Å². The largest absolute Gasteiger partial charge is 0.459 e. The minimum absolute atomic E-state index is 0.0705. The summed E-state index contributed by atoms with van der Waals surface area (Å²) < 4.78 is 40.9. The Kier molecular flexibility index (Phi) is 13.6. The van der Waals surface area contributed by atoms with Gasteiger partial charge in [0.25, 0.3) is 0 Å². The molecule has 1 fully saturated rings. The van der Waals surface area contributed by atoms with Crippen LogP contribution in [0.15, 0.2) is 54.6 Å². The second-order valence-corrected chi connectivity index (χ2v) is 14.6. The van der Waals surface area contributed by atoms with Gasteiger partial charge in [0, 0.05) is 64.9 Å². The van der Waals surface area contributed by atoms with E-state index in [0.29, 0.717) is 0 Å². The lowest BCUT2D eigenvalue weighted by Gasteiger charge is -2.46. The lowest BCUT2D eigenvalue weighted by molar-refractivity contribution is -0.198. The quantitative estimate of drug-likeness (QED) is 0.228. The molecule has 2 aliphatic carbocycles. The molecule has 15 heteroatoms. The lowest BCUT2D eigenvalue weighted by Crippen LogP contribution is -2.60. The molecule has 1 aromatic carbocycles. The molecule has 8 unspecified atom stereocenters. The Morgan fingerprint density at radius 2 is 1.17 bits per heavy atom. The van der Waals surface area contributed by atoms with Gasteiger partial charge in [-0.05, 0) is 19.1 Å². The predicted molar refractivity (Wildman–Crippen MR) is 188 cm³/mol. The molecular formula is C39H50O15. The van der Waals surface area contributed by atoms with Crippen LogP contribution in [0.3, 0.4) is 0 Å². The Hall–Kier alpha value is -5.05. The number of carbonyl (C=O) groups excluding carboxylic acids is 7. The topological polar surface area (TPSA) is 204 Å². The van der Waals surface area contributed by atoms with E-state index in [-0.39, 0.29) is 11.1 Å². The molecule has 0 spiro atoms. The number of aliphatic hydroxyl groups is 1. The fourth-order valence-corrected chi connectivity index (χ4v) is 7.50.